The number of nitrogens with one attached hydrogen (secondary N) is 2. The topological polar surface area (TPSA) is 67.4 Å². The molecule has 0 bridgehead atoms. The molecule has 0 aromatic carbocycles. The molecule has 0 aliphatic rings. The maximum absolute atomic E-state index is 10.8. The lowest BCUT2D eigenvalue weighted by Gasteiger charge is -2.03. The zero-order chi connectivity index (χ0) is 10.1. The van der Waals surface area contributed by atoms with E-state index in [0.717, 1.165) is 0 Å². The number of carbonyl (C=O) groups is 2. The molecular weight excluding hydrogens is 172 g/mol. The molecule has 0 atom stereocenters. The van der Waals surface area contributed by atoms with Gasteiger partial charge >= 0.3 is 12.0 Å². The Morgan fingerprint density at radius 2 is 2.15 bits per heavy atom. The minimum absolute atomic E-state index is 0.114. The van der Waals surface area contributed by atoms with Gasteiger partial charge in [0.05, 0.1) is 6.61 Å². The molecular formula is C8H14N2O3. The predicted molar refractivity (Wildman–Crippen MR) is 48.0 cm³/mol. The Balaban J connectivity index is 3.51. The first-order chi connectivity index (χ1) is 6.20. The second-order valence-corrected chi connectivity index (χ2v) is 2.13. The van der Waals surface area contributed by atoms with Gasteiger partial charge in [0.1, 0.15) is 6.54 Å². The summed E-state index contributed by atoms with van der Waals surface area (Å²) in [5, 5.41) is 4.72. The standard InChI is InChI=1S/C8H14N2O3/c1-3-5-9-8(12)10-6-7(11)13-4-2/h3,5H,4,6H2,1-2H3,(H2,9,10,12)/b5-3-. The van der Waals surface area contributed by atoms with Crippen molar-refractivity contribution in [1.29, 1.82) is 0 Å². The number of esters is 1. The van der Waals surface area contributed by atoms with Gasteiger partial charge in [-0.15, -0.1) is 0 Å². The summed E-state index contributed by atoms with van der Waals surface area (Å²) in [7, 11) is 0. The third-order valence-electron chi connectivity index (χ3n) is 1.08. The van der Waals surface area contributed by atoms with Crippen molar-refractivity contribution >= 4 is 12.0 Å². The molecule has 74 valence electrons. The lowest BCUT2D eigenvalue weighted by atomic mass is 10.6. The average molecular weight is 186 g/mol. The van der Waals surface area contributed by atoms with Crippen LogP contribution in [-0.4, -0.2) is 25.2 Å². The normalized spacial score (nSPS) is 9.69. The SMILES string of the molecule is C/C=C\NC(=O)NCC(=O)OCC. The van der Waals surface area contributed by atoms with Gasteiger partial charge in [0.2, 0.25) is 0 Å². The molecule has 0 fully saturated rings. The molecule has 2 N–H and O–H groups in total. The van der Waals surface area contributed by atoms with Crippen LogP contribution in [0.1, 0.15) is 13.8 Å². The number of rotatable bonds is 4. The van der Waals surface area contributed by atoms with E-state index in [9.17, 15) is 9.59 Å². The molecule has 0 unspecified atom stereocenters. The number of hydrogen-bond donors (Lipinski definition) is 2. The fourth-order valence-electron chi connectivity index (χ4n) is 0.575. The second-order valence-electron chi connectivity index (χ2n) is 2.13. The predicted octanol–water partition coefficient (Wildman–Crippen LogP) is 0.382. The van der Waals surface area contributed by atoms with Crippen LogP contribution >= 0.6 is 0 Å². The summed E-state index contributed by atoms with van der Waals surface area (Å²) in [5.41, 5.74) is 0. The lowest BCUT2D eigenvalue weighted by molar-refractivity contribution is -0.141. The monoisotopic (exact) mass is 186 g/mol. The molecule has 5 heteroatoms. The Kier molecular flexibility index (Phi) is 6.31. The third kappa shape index (κ3) is 6.86. The highest BCUT2D eigenvalue weighted by molar-refractivity contribution is 5.81. The third-order valence-corrected chi connectivity index (χ3v) is 1.08. The first kappa shape index (κ1) is 11.5. The molecule has 2 amide bonds. The van der Waals surface area contributed by atoms with E-state index in [1.807, 2.05) is 0 Å². The summed E-state index contributed by atoms with van der Waals surface area (Å²) in [6.45, 7) is 3.68. The van der Waals surface area contributed by atoms with Crippen molar-refractivity contribution in [1.82, 2.24) is 10.6 Å². The van der Waals surface area contributed by atoms with Crippen molar-refractivity contribution in [3.05, 3.63) is 12.3 Å². The molecule has 0 radical (unpaired) electrons. The molecule has 0 heterocycles. The molecule has 0 aliphatic heterocycles. The molecule has 0 aromatic heterocycles. The van der Waals surface area contributed by atoms with E-state index in [2.05, 4.69) is 15.4 Å². The summed E-state index contributed by atoms with van der Waals surface area (Å²) in [5.74, 6) is -0.446. The molecule has 0 rings (SSSR count). The number of allylic oxidation sites excluding steroid dienone is 1. The van der Waals surface area contributed by atoms with Crippen molar-refractivity contribution in [2.45, 2.75) is 13.8 Å². The van der Waals surface area contributed by atoms with Crippen molar-refractivity contribution in [2.75, 3.05) is 13.2 Å². The summed E-state index contributed by atoms with van der Waals surface area (Å²) in [6, 6.07) is -0.425. The Morgan fingerprint density at radius 1 is 1.46 bits per heavy atom. The minimum atomic E-state index is -0.446. The quantitative estimate of drug-likeness (QED) is 0.624. The van der Waals surface area contributed by atoms with Gasteiger partial charge in [-0.3, -0.25) is 4.79 Å². The van der Waals surface area contributed by atoms with E-state index < -0.39 is 12.0 Å². The zero-order valence-electron chi connectivity index (χ0n) is 7.79. The molecule has 5 nitrogen and oxygen atoms in total. The van der Waals surface area contributed by atoms with Gasteiger partial charge in [0, 0.05) is 6.20 Å². The summed E-state index contributed by atoms with van der Waals surface area (Å²) < 4.78 is 4.60. The molecule has 0 saturated heterocycles. The molecule has 0 spiro atoms. The smallest absolute Gasteiger partial charge is 0.325 e. The van der Waals surface area contributed by atoms with E-state index >= 15 is 0 Å². The van der Waals surface area contributed by atoms with Gasteiger partial charge < -0.3 is 15.4 Å². The summed E-state index contributed by atoms with van der Waals surface area (Å²) >= 11 is 0. The van der Waals surface area contributed by atoms with Crippen LogP contribution in [0, 0.1) is 0 Å². The highest BCUT2D eigenvalue weighted by atomic mass is 16.5. The molecule has 0 aromatic rings. The van der Waals surface area contributed by atoms with Crippen LogP contribution in [-0.2, 0) is 9.53 Å². The van der Waals surface area contributed by atoms with E-state index in [1.54, 1.807) is 19.9 Å². The first-order valence-electron chi connectivity index (χ1n) is 4.01. The van der Waals surface area contributed by atoms with Crippen LogP contribution in [0.15, 0.2) is 12.3 Å². The number of ether oxygens (including phenoxy) is 1. The van der Waals surface area contributed by atoms with Crippen molar-refractivity contribution in [2.24, 2.45) is 0 Å². The van der Waals surface area contributed by atoms with Crippen molar-refractivity contribution in [3.8, 4) is 0 Å². The Morgan fingerprint density at radius 3 is 2.69 bits per heavy atom. The van der Waals surface area contributed by atoms with Crippen LogP contribution in [0.25, 0.3) is 0 Å². The van der Waals surface area contributed by atoms with Gasteiger partial charge in [-0.25, -0.2) is 4.79 Å². The van der Waals surface area contributed by atoms with Gasteiger partial charge in [-0.05, 0) is 13.8 Å². The molecule has 0 aliphatic carbocycles. The highest BCUT2D eigenvalue weighted by Gasteiger charge is 2.02. The van der Waals surface area contributed by atoms with Crippen molar-refractivity contribution in [3.63, 3.8) is 0 Å². The van der Waals surface area contributed by atoms with Gasteiger partial charge in [0.25, 0.3) is 0 Å². The van der Waals surface area contributed by atoms with E-state index in [0.29, 0.717) is 6.61 Å². The summed E-state index contributed by atoms with van der Waals surface area (Å²) in [4.78, 5) is 21.6. The number of amides is 2. The Labute approximate surface area is 77.1 Å². The number of urea groups is 1. The fourth-order valence-corrected chi connectivity index (χ4v) is 0.575. The van der Waals surface area contributed by atoms with Crippen LogP contribution in [0.2, 0.25) is 0 Å². The van der Waals surface area contributed by atoms with Crippen LogP contribution in [0.3, 0.4) is 0 Å². The van der Waals surface area contributed by atoms with Crippen LogP contribution in [0.5, 0.6) is 0 Å². The van der Waals surface area contributed by atoms with E-state index in [1.165, 1.54) is 6.20 Å². The van der Waals surface area contributed by atoms with Gasteiger partial charge in [-0.2, -0.15) is 0 Å². The number of hydrogen-bond acceptors (Lipinski definition) is 3. The number of carbonyl (C=O) groups excluding carboxylic acids is 2. The van der Waals surface area contributed by atoms with Gasteiger partial charge in [0.15, 0.2) is 0 Å². The zero-order valence-corrected chi connectivity index (χ0v) is 7.79. The Hall–Kier alpha value is -1.52. The highest BCUT2D eigenvalue weighted by Crippen LogP contribution is 1.75. The largest absolute Gasteiger partial charge is 0.465 e. The first-order valence-corrected chi connectivity index (χ1v) is 4.01. The van der Waals surface area contributed by atoms with Crippen molar-refractivity contribution < 1.29 is 14.3 Å². The molecule has 0 saturated carbocycles. The fraction of sp³-hybridized carbons (Fsp3) is 0.500. The average Bonchev–Trinajstić information content (AvgIpc) is 2.12. The maximum Gasteiger partial charge on any atom is 0.325 e. The molecule has 13 heavy (non-hydrogen) atoms. The van der Waals surface area contributed by atoms with E-state index in [-0.39, 0.29) is 6.54 Å². The van der Waals surface area contributed by atoms with Gasteiger partial charge in [-0.1, -0.05) is 6.08 Å². The van der Waals surface area contributed by atoms with E-state index in [4.69, 9.17) is 0 Å². The Bertz CT molecular complexity index is 202. The second kappa shape index (κ2) is 7.15. The van der Waals surface area contributed by atoms with Crippen LogP contribution in [0.4, 0.5) is 4.79 Å². The summed E-state index contributed by atoms with van der Waals surface area (Å²) in [6.07, 6.45) is 3.14. The lowest BCUT2D eigenvalue weighted by Crippen LogP contribution is -2.36. The maximum atomic E-state index is 10.8. The minimum Gasteiger partial charge on any atom is -0.465 e. The van der Waals surface area contributed by atoms with Crippen LogP contribution < -0.4 is 10.6 Å².